The number of hydrogen-bond acceptors (Lipinski definition) is 8. The summed E-state index contributed by atoms with van der Waals surface area (Å²) in [5.74, 6) is 0.0723. The number of hydrogen-bond donors (Lipinski definition) is 2. The summed E-state index contributed by atoms with van der Waals surface area (Å²) in [5.41, 5.74) is 3.06. The maximum Gasteiger partial charge on any atom is 0.269 e. The average molecular weight is 483 g/mol. The van der Waals surface area contributed by atoms with Crippen molar-refractivity contribution in [3.05, 3.63) is 65.2 Å². The molecule has 0 radical (unpaired) electrons. The lowest BCUT2D eigenvalue weighted by atomic mass is 10.2. The second-order valence-electron chi connectivity index (χ2n) is 7.47. The van der Waals surface area contributed by atoms with Crippen molar-refractivity contribution in [1.82, 2.24) is 24.7 Å². The zero-order chi connectivity index (χ0) is 24.1. The monoisotopic (exact) mass is 482 g/mol. The first-order valence-electron chi connectivity index (χ1n) is 10.5. The molecule has 0 aliphatic heterocycles. The number of pyridine rings is 1. The smallest absolute Gasteiger partial charge is 0.269 e. The van der Waals surface area contributed by atoms with Crippen LogP contribution >= 0.6 is 11.6 Å². The van der Waals surface area contributed by atoms with E-state index >= 15 is 0 Å². The Hall–Kier alpha value is -3.60. The van der Waals surface area contributed by atoms with Gasteiger partial charge in [-0.05, 0) is 43.2 Å². The van der Waals surface area contributed by atoms with Crippen LogP contribution in [0.3, 0.4) is 0 Å². The third-order valence-electron chi connectivity index (χ3n) is 5.01. The van der Waals surface area contributed by atoms with Gasteiger partial charge >= 0.3 is 0 Å². The number of nitrogens with one attached hydrogen (secondary N) is 1. The van der Waals surface area contributed by atoms with Crippen LogP contribution in [-0.2, 0) is 9.53 Å². The number of aromatic nitrogens is 5. The molecule has 3 aromatic heterocycles. The Bertz CT molecular complexity index is 1290. The average Bonchev–Trinajstić information content (AvgIpc) is 3.26. The lowest BCUT2D eigenvalue weighted by molar-refractivity contribution is -0.125. The predicted molar refractivity (Wildman–Crippen MR) is 126 cm³/mol. The molecule has 3 heterocycles. The number of carbonyl (C=O) groups excluding carboxylic acids is 1. The Morgan fingerprint density at radius 1 is 1.18 bits per heavy atom. The van der Waals surface area contributed by atoms with Gasteiger partial charge in [0.2, 0.25) is 12.0 Å². The number of rotatable bonds is 9. The lowest BCUT2D eigenvalue weighted by Gasteiger charge is -2.18. The third-order valence-corrected chi connectivity index (χ3v) is 5.42. The van der Waals surface area contributed by atoms with E-state index in [1.165, 1.54) is 6.33 Å². The Kier molecular flexibility index (Phi) is 7.31. The Labute approximate surface area is 200 Å². The van der Waals surface area contributed by atoms with E-state index in [0.29, 0.717) is 21.9 Å². The van der Waals surface area contributed by atoms with Crippen molar-refractivity contribution in [2.75, 3.05) is 25.1 Å². The van der Waals surface area contributed by atoms with Gasteiger partial charge in [0.25, 0.3) is 5.91 Å². The first-order valence-corrected chi connectivity index (χ1v) is 10.9. The standard InChI is InChI=1S/C23H23ClN6O4/c1-14-6-7-20(25-10-14)29-22(32)19(12-33-9-8-31)34-23-16-11-28-30(21(16)26-13-27-23)18-5-3-4-17(24)15(18)2/h3-7,10-11,13,19,31H,8-9,12H2,1-2H3,(H,25,29,32). The molecule has 0 aliphatic carbocycles. The summed E-state index contributed by atoms with van der Waals surface area (Å²) in [6.07, 6.45) is 3.48. The van der Waals surface area contributed by atoms with E-state index in [0.717, 1.165) is 16.8 Å². The van der Waals surface area contributed by atoms with Gasteiger partial charge in [0, 0.05) is 11.2 Å². The van der Waals surface area contributed by atoms with E-state index in [2.05, 4.69) is 25.4 Å². The van der Waals surface area contributed by atoms with Crippen LogP contribution < -0.4 is 10.1 Å². The summed E-state index contributed by atoms with van der Waals surface area (Å²) in [4.78, 5) is 25.7. The highest BCUT2D eigenvalue weighted by atomic mass is 35.5. The molecule has 0 fully saturated rings. The van der Waals surface area contributed by atoms with Gasteiger partial charge in [-0.25, -0.2) is 19.6 Å². The summed E-state index contributed by atoms with van der Waals surface area (Å²) in [6.45, 7) is 3.56. The van der Waals surface area contributed by atoms with Gasteiger partial charge in [-0.3, -0.25) is 4.79 Å². The highest BCUT2D eigenvalue weighted by Gasteiger charge is 2.24. The molecule has 4 aromatic rings. The van der Waals surface area contributed by atoms with Crippen molar-refractivity contribution in [3.63, 3.8) is 0 Å². The molecule has 34 heavy (non-hydrogen) atoms. The van der Waals surface area contributed by atoms with Gasteiger partial charge in [0.15, 0.2) is 5.65 Å². The molecule has 11 heteroatoms. The zero-order valence-electron chi connectivity index (χ0n) is 18.6. The van der Waals surface area contributed by atoms with Crippen molar-refractivity contribution < 1.29 is 19.4 Å². The molecule has 0 saturated carbocycles. The highest BCUT2D eigenvalue weighted by molar-refractivity contribution is 6.31. The van der Waals surface area contributed by atoms with Crippen LogP contribution in [0.5, 0.6) is 5.88 Å². The first kappa shape index (κ1) is 23.6. The molecule has 10 nitrogen and oxygen atoms in total. The Morgan fingerprint density at radius 3 is 2.79 bits per heavy atom. The minimum absolute atomic E-state index is 0.0566. The van der Waals surface area contributed by atoms with Crippen LogP contribution in [0.2, 0.25) is 5.02 Å². The van der Waals surface area contributed by atoms with E-state index in [4.69, 9.17) is 26.2 Å². The number of ether oxygens (including phenoxy) is 2. The normalized spacial score (nSPS) is 12.0. The molecule has 1 amide bonds. The number of nitrogens with zero attached hydrogens (tertiary/aromatic N) is 5. The molecule has 0 saturated heterocycles. The van der Waals surface area contributed by atoms with Crippen LogP contribution in [0.1, 0.15) is 11.1 Å². The number of halogens is 1. The van der Waals surface area contributed by atoms with Crippen molar-refractivity contribution >= 4 is 34.4 Å². The van der Waals surface area contributed by atoms with Gasteiger partial charge in [0.05, 0.1) is 31.7 Å². The SMILES string of the molecule is Cc1ccc(NC(=O)C(COCCO)Oc2ncnc3c2cnn3-c2cccc(Cl)c2C)nc1. The molecule has 0 aliphatic rings. The number of carbonyl (C=O) groups is 1. The number of aliphatic hydroxyl groups is 1. The molecule has 4 rings (SSSR count). The highest BCUT2D eigenvalue weighted by Crippen LogP contribution is 2.28. The second-order valence-corrected chi connectivity index (χ2v) is 7.88. The minimum Gasteiger partial charge on any atom is -0.461 e. The fourth-order valence-electron chi connectivity index (χ4n) is 3.22. The van der Waals surface area contributed by atoms with Crippen LogP contribution in [-0.4, -0.2) is 61.7 Å². The Balaban J connectivity index is 1.62. The van der Waals surface area contributed by atoms with E-state index in [1.807, 2.05) is 32.0 Å². The molecule has 2 N–H and O–H groups in total. The van der Waals surface area contributed by atoms with Gasteiger partial charge in [0.1, 0.15) is 17.5 Å². The molecule has 1 aromatic carbocycles. The largest absolute Gasteiger partial charge is 0.461 e. The molecule has 1 atom stereocenters. The number of fused-ring (bicyclic) bond motifs is 1. The molecular formula is C23H23ClN6O4. The summed E-state index contributed by atoms with van der Waals surface area (Å²) < 4.78 is 13.0. The maximum absolute atomic E-state index is 12.9. The zero-order valence-corrected chi connectivity index (χ0v) is 19.4. The molecule has 1 unspecified atom stereocenters. The van der Waals surface area contributed by atoms with Gasteiger partial charge in [-0.1, -0.05) is 23.7 Å². The van der Waals surface area contributed by atoms with Crippen LogP contribution in [0.15, 0.2) is 49.1 Å². The Morgan fingerprint density at radius 2 is 2.03 bits per heavy atom. The summed E-state index contributed by atoms with van der Waals surface area (Å²) >= 11 is 6.27. The second kappa shape index (κ2) is 10.6. The van der Waals surface area contributed by atoms with E-state index in [1.54, 1.807) is 29.2 Å². The van der Waals surface area contributed by atoms with E-state index < -0.39 is 12.0 Å². The van der Waals surface area contributed by atoms with Crippen molar-refractivity contribution in [1.29, 1.82) is 0 Å². The number of anilines is 1. The lowest BCUT2D eigenvalue weighted by Crippen LogP contribution is -2.37. The fraction of sp³-hybridized carbons (Fsp3) is 0.261. The predicted octanol–water partition coefficient (Wildman–Crippen LogP) is 2.88. The first-order chi connectivity index (χ1) is 16.5. The molecule has 176 valence electrons. The quantitative estimate of drug-likeness (QED) is 0.349. The number of aryl methyl sites for hydroxylation is 1. The van der Waals surface area contributed by atoms with Gasteiger partial charge < -0.3 is 19.9 Å². The molecular weight excluding hydrogens is 460 g/mol. The number of amides is 1. The van der Waals surface area contributed by atoms with E-state index in [-0.39, 0.29) is 25.7 Å². The van der Waals surface area contributed by atoms with Gasteiger partial charge in [-0.2, -0.15) is 5.10 Å². The number of aliphatic hydroxyl groups excluding tert-OH is 1. The van der Waals surface area contributed by atoms with Crippen LogP contribution in [0.25, 0.3) is 16.7 Å². The van der Waals surface area contributed by atoms with Crippen molar-refractivity contribution in [2.45, 2.75) is 20.0 Å². The maximum atomic E-state index is 12.9. The van der Waals surface area contributed by atoms with Crippen molar-refractivity contribution in [2.24, 2.45) is 0 Å². The fourth-order valence-corrected chi connectivity index (χ4v) is 3.39. The van der Waals surface area contributed by atoms with E-state index in [9.17, 15) is 4.79 Å². The van der Waals surface area contributed by atoms with Crippen LogP contribution in [0, 0.1) is 13.8 Å². The van der Waals surface area contributed by atoms with Crippen LogP contribution in [0.4, 0.5) is 5.82 Å². The molecule has 0 spiro atoms. The molecule has 0 bridgehead atoms. The topological polar surface area (TPSA) is 124 Å². The van der Waals surface area contributed by atoms with Crippen molar-refractivity contribution in [3.8, 4) is 11.6 Å². The third kappa shape index (κ3) is 5.14. The van der Waals surface area contributed by atoms with Gasteiger partial charge in [-0.15, -0.1) is 0 Å². The summed E-state index contributed by atoms with van der Waals surface area (Å²) in [5, 5.41) is 17.3. The minimum atomic E-state index is -1.07. The summed E-state index contributed by atoms with van der Waals surface area (Å²) in [6, 6.07) is 9.03. The number of benzene rings is 1. The summed E-state index contributed by atoms with van der Waals surface area (Å²) in [7, 11) is 0.